The van der Waals surface area contributed by atoms with E-state index in [-0.39, 0.29) is 23.6 Å². The predicted molar refractivity (Wildman–Crippen MR) is 102 cm³/mol. The monoisotopic (exact) mass is 356 g/mol. The van der Waals surface area contributed by atoms with E-state index in [4.69, 9.17) is 4.74 Å². The van der Waals surface area contributed by atoms with Gasteiger partial charge in [0, 0.05) is 18.7 Å². The molecule has 2 aromatic rings. The number of rotatable bonds is 9. The molecule has 1 amide bonds. The first kappa shape index (κ1) is 19.3. The van der Waals surface area contributed by atoms with Gasteiger partial charge in [-0.15, -0.1) is 0 Å². The minimum Gasteiger partial charge on any atom is -0.489 e. The van der Waals surface area contributed by atoms with Crippen molar-refractivity contribution in [2.75, 3.05) is 17.2 Å². The lowest BCUT2D eigenvalue weighted by Gasteiger charge is -2.12. The van der Waals surface area contributed by atoms with Gasteiger partial charge >= 0.3 is 5.97 Å². The number of nitrogens with one attached hydrogen (secondary N) is 2. The largest absolute Gasteiger partial charge is 0.489 e. The highest BCUT2D eigenvalue weighted by molar-refractivity contribution is 6.00. The number of anilines is 2. The van der Waals surface area contributed by atoms with Gasteiger partial charge in [0.25, 0.3) is 0 Å². The van der Waals surface area contributed by atoms with Gasteiger partial charge in [-0.05, 0) is 42.3 Å². The summed E-state index contributed by atoms with van der Waals surface area (Å²) in [4.78, 5) is 23.0. The summed E-state index contributed by atoms with van der Waals surface area (Å²) in [6.07, 6.45) is 1.32. The van der Waals surface area contributed by atoms with Crippen molar-refractivity contribution in [3.63, 3.8) is 0 Å². The van der Waals surface area contributed by atoms with E-state index in [1.165, 1.54) is 6.07 Å². The minimum absolute atomic E-state index is 0.00247. The summed E-state index contributed by atoms with van der Waals surface area (Å²) in [7, 11) is 0. The van der Waals surface area contributed by atoms with E-state index < -0.39 is 5.97 Å². The van der Waals surface area contributed by atoms with Crippen LogP contribution in [0.3, 0.4) is 0 Å². The second-order valence-electron chi connectivity index (χ2n) is 5.83. The number of carboxylic acid groups (broad SMARTS) is 1. The number of ether oxygens (including phenoxy) is 1. The third-order valence-corrected chi connectivity index (χ3v) is 3.73. The van der Waals surface area contributed by atoms with Crippen LogP contribution in [-0.2, 0) is 11.4 Å². The number of hydrogen-bond donors (Lipinski definition) is 3. The van der Waals surface area contributed by atoms with Crippen LogP contribution in [-0.4, -0.2) is 23.5 Å². The summed E-state index contributed by atoms with van der Waals surface area (Å²) >= 11 is 0. The molecular formula is C20H24N2O4. The number of hydrogen-bond acceptors (Lipinski definition) is 4. The highest BCUT2D eigenvalue weighted by Gasteiger charge is 2.13. The van der Waals surface area contributed by atoms with Gasteiger partial charge in [0.15, 0.2) is 0 Å². The van der Waals surface area contributed by atoms with Gasteiger partial charge in [0.2, 0.25) is 5.91 Å². The summed E-state index contributed by atoms with van der Waals surface area (Å²) in [5, 5.41) is 15.3. The first-order chi connectivity index (χ1) is 12.5. The molecule has 3 N–H and O–H groups in total. The molecule has 0 aliphatic carbocycles. The van der Waals surface area contributed by atoms with Crippen LogP contribution in [0.15, 0.2) is 42.5 Å². The van der Waals surface area contributed by atoms with E-state index in [9.17, 15) is 14.7 Å². The van der Waals surface area contributed by atoms with Crippen LogP contribution in [0.1, 0.15) is 42.6 Å². The maximum absolute atomic E-state index is 11.5. The van der Waals surface area contributed by atoms with Crippen molar-refractivity contribution in [2.24, 2.45) is 0 Å². The van der Waals surface area contributed by atoms with Gasteiger partial charge in [-0.25, -0.2) is 4.79 Å². The Morgan fingerprint density at radius 2 is 1.92 bits per heavy atom. The molecule has 2 rings (SSSR count). The predicted octanol–water partition coefficient (Wildman–Crippen LogP) is 4.13. The smallest absolute Gasteiger partial charge is 0.337 e. The fourth-order valence-corrected chi connectivity index (χ4v) is 2.34. The average Bonchev–Trinajstić information content (AvgIpc) is 2.65. The van der Waals surface area contributed by atoms with Gasteiger partial charge in [-0.1, -0.05) is 26.0 Å². The van der Waals surface area contributed by atoms with Crippen LogP contribution in [0, 0.1) is 0 Å². The molecule has 0 spiro atoms. The SMILES string of the molecule is CCCNc1cccc(COc2ccc(NC(=O)CC)c(C(=O)O)c2)c1. The van der Waals surface area contributed by atoms with Crippen LogP contribution in [0.5, 0.6) is 5.75 Å². The number of benzene rings is 2. The zero-order valence-electron chi connectivity index (χ0n) is 15.0. The lowest BCUT2D eigenvalue weighted by Crippen LogP contribution is -2.13. The molecule has 0 unspecified atom stereocenters. The average molecular weight is 356 g/mol. The lowest BCUT2D eigenvalue weighted by molar-refractivity contribution is -0.115. The molecule has 0 saturated carbocycles. The molecule has 0 atom stereocenters. The van der Waals surface area contributed by atoms with Gasteiger partial charge in [0.1, 0.15) is 12.4 Å². The van der Waals surface area contributed by atoms with E-state index in [0.29, 0.717) is 12.4 Å². The summed E-state index contributed by atoms with van der Waals surface area (Å²) in [6.45, 7) is 5.03. The molecule has 0 aliphatic rings. The van der Waals surface area contributed by atoms with E-state index >= 15 is 0 Å². The van der Waals surface area contributed by atoms with E-state index in [2.05, 4.69) is 17.6 Å². The first-order valence-electron chi connectivity index (χ1n) is 8.66. The fraction of sp³-hybridized carbons (Fsp3) is 0.300. The Hall–Kier alpha value is -3.02. The quantitative estimate of drug-likeness (QED) is 0.629. The minimum atomic E-state index is -1.12. The number of amides is 1. The summed E-state index contributed by atoms with van der Waals surface area (Å²) < 4.78 is 5.72. The van der Waals surface area contributed by atoms with Gasteiger partial charge in [0.05, 0.1) is 11.3 Å². The molecule has 2 aromatic carbocycles. The Morgan fingerprint density at radius 3 is 2.62 bits per heavy atom. The summed E-state index contributed by atoms with van der Waals surface area (Å²) in [5.74, 6) is -0.922. The lowest BCUT2D eigenvalue weighted by atomic mass is 10.1. The fourth-order valence-electron chi connectivity index (χ4n) is 2.34. The normalized spacial score (nSPS) is 10.2. The summed E-state index contributed by atoms with van der Waals surface area (Å²) in [6, 6.07) is 12.5. The number of carbonyl (C=O) groups is 2. The second kappa shape index (κ2) is 9.46. The van der Waals surface area contributed by atoms with Crippen molar-refractivity contribution < 1.29 is 19.4 Å². The first-order valence-corrected chi connectivity index (χ1v) is 8.66. The number of carboxylic acids is 1. The molecular weight excluding hydrogens is 332 g/mol. The molecule has 6 heteroatoms. The third-order valence-electron chi connectivity index (χ3n) is 3.73. The van der Waals surface area contributed by atoms with Crippen LogP contribution in [0.4, 0.5) is 11.4 Å². The van der Waals surface area contributed by atoms with Crippen molar-refractivity contribution in [2.45, 2.75) is 33.3 Å². The third kappa shape index (κ3) is 5.51. The Balaban J connectivity index is 2.09. The zero-order valence-corrected chi connectivity index (χ0v) is 15.0. The summed E-state index contributed by atoms with van der Waals surface area (Å²) in [5.41, 5.74) is 2.27. The molecule has 6 nitrogen and oxygen atoms in total. The molecule has 0 heterocycles. The second-order valence-corrected chi connectivity index (χ2v) is 5.83. The number of carbonyl (C=O) groups excluding carboxylic acids is 1. The van der Waals surface area contributed by atoms with Crippen LogP contribution in [0.25, 0.3) is 0 Å². The van der Waals surface area contributed by atoms with Gasteiger partial charge < -0.3 is 20.5 Å². The zero-order chi connectivity index (χ0) is 18.9. The van der Waals surface area contributed by atoms with E-state index in [0.717, 1.165) is 24.2 Å². The highest BCUT2D eigenvalue weighted by Crippen LogP contribution is 2.24. The Kier molecular flexibility index (Phi) is 7.02. The molecule has 26 heavy (non-hydrogen) atoms. The van der Waals surface area contributed by atoms with Gasteiger partial charge in [-0.3, -0.25) is 4.79 Å². The Bertz CT molecular complexity index is 774. The Labute approximate surface area is 153 Å². The maximum Gasteiger partial charge on any atom is 0.337 e. The molecule has 0 saturated heterocycles. The highest BCUT2D eigenvalue weighted by atomic mass is 16.5. The topological polar surface area (TPSA) is 87.7 Å². The van der Waals surface area contributed by atoms with Gasteiger partial charge in [-0.2, -0.15) is 0 Å². The van der Waals surface area contributed by atoms with Crippen molar-refractivity contribution in [1.29, 1.82) is 0 Å². The van der Waals surface area contributed by atoms with E-state index in [1.54, 1.807) is 19.1 Å². The number of aromatic carboxylic acids is 1. The van der Waals surface area contributed by atoms with Crippen LogP contribution >= 0.6 is 0 Å². The standard InChI is InChI=1S/C20H24N2O4/c1-3-10-21-15-7-5-6-14(11-15)13-26-16-8-9-18(22-19(23)4-2)17(12-16)20(24)25/h5-9,11-12,21H,3-4,10,13H2,1-2H3,(H,22,23)(H,24,25). The van der Waals surface area contributed by atoms with Crippen molar-refractivity contribution >= 4 is 23.3 Å². The molecule has 0 aliphatic heterocycles. The molecule has 0 bridgehead atoms. The van der Waals surface area contributed by atoms with E-state index in [1.807, 2.05) is 24.3 Å². The molecule has 0 fully saturated rings. The van der Waals surface area contributed by atoms with Crippen LogP contribution in [0.2, 0.25) is 0 Å². The van der Waals surface area contributed by atoms with Crippen LogP contribution < -0.4 is 15.4 Å². The molecule has 0 radical (unpaired) electrons. The van der Waals surface area contributed by atoms with Crippen molar-refractivity contribution in [1.82, 2.24) is 0 Å². The van der Waals surface area contributed by atoms with Crippen molar-refractivity contribution in [3.05, 3.63) is 53.6 Å². The molecule has 0 aromatic heterocycles. The maximum atomic E-state index is 11.5. The Morgan fingerprint density at radius 1 is 1.12 bits per heavy atom. The van der Waals surface area contributed by atoms with Crippen molar-refractivity contribution in [3.8, 4) is 5.75 Å². The molecule has 138 valence electrons.